The lowest BCUT2D eigenvalue weighted by atomic mass is 10.2. The first kappa shape index (κ1) is 18.3. The van der Waals surface area contributed by atoms with Gasteiger partial charge in [-0.2, -0.15) is 0 Å². The molecular formula is C19H21N3O3S. The zero-order valence-electron chi connectivity index (χ0n) is 14.4. The molecule has 3 rings (SSSR count). The van der Waals surface area contributed by atoms with Gasteiger partial charge in [-0.1, -0.05) is 24.3 Å². The second kappa shape index (κ2) is 8.73. The fourth-order valence-electron chi connectivity index (χ4n) is 2.83. The third-order valence-electron chi connectivity index (χ3n) is 4.32. The average Bonchev–Trinajstić information content (AvgIpc) is 3.22. The van der Waals surface area contributed by atoms with Crippen LogP contribution in [0.15, 0.2) is 47.8 Å². The molecule has 6 nitrogen and oxygen atoms in total. The molecule has 0 bridgehead atoms. The highest BCUT2D eigenvalue weighted by Crippen LogP contribution is 2.11. The zero-order chi connectivity index (χ0) is 18.4. The van der Waals surface area contributed by atoms with Crippen LogP contribution in [0.1, 0.15) is 20.0 Å². The van der Waals surface area contributed by atoms with Crippen molar-refractivity contribution < 1.29 is 14.4 Å². The largest absolute Gasteiger partial charge is 0.343 e. The van der Waals surface area contributed by atoms with Crippen molar-refractivity contribution in [3.05, 3.63) is 58.3 Å². The van der Waals surface area contributed by atoms with E-state index in [9.17, 15) is 14.4 Å². The Morgan fingerprint density at radius 1 is 0.962 bits per heavy atom. The number of hydrogen-bond acceptors (Lipinski definition) is 5. The van der Waals surface area contributed by atoms with Gasteiger partial charge in [-0.05, 0) is 23.6 Å². The van der Waals surface area contributed by atoms with Crippen LogP contribution in [0.5, 0.6) is 0 Å². The highest BCUT2D eigenvalue weighted by atomic mass is 32.1. The summed E-state index contributed by atoms with van der Waals surface area (Å²) in [5, 5.41) is 4.56. The van der Waals surface area contributed by atoms with Crippen LogP contribution in [0, 0.1) is 0 Å². The third-order valence-corrected chi connectivity index (χ3v) is 5.24. The lowest BCUT2D eigenvalue weighted by Crippen LogP contribution is -2.52. The van der Waals surface area contributed by atoms with Gasteiger partial charge in [0.15, 0.2) is 5.78 Å². The average molecular weight is 371 g/mol. The molecule has 0 atom stereocenters. The van der Waals surface area contributed by atoms with Crippen molar-refractivity contribution in [3.8, 4) is 0 Å². The zero-order valence-corrected chi connectivity index (χ0v) is 15.2. The van der Waals surface area contributed by atoms with Gasteiger partial charge in [0.25, 0.3) is 5.91 Å². The Bertz CT molecular complexity index is 754. The standard InChI is InChI=1S/C19H21N3O3S/c23-16(17-7-4-12-26-17)14-21-8-10-22(11-9-21)18(24)13-20-19(25)15-5-2-1-3-6-15/h1-7,12H,8-11,13-14H2,(H,20,25). The molecule has 26 heavy (non-hydrogen) atoms. The maximum atomic E-state index is 12.3. The molecule has 2 aromatic rings. The Morgan fingerprint density at radius 2 is 1.69 bits per heavy atom. The van der Waals surface area contributed by atoms with Gasteiger partial charge in [0, 0.05) is 31.7 Å². The molecule has 2 amide bonds. The van der Waals surface area contributed by atoms with Gasteiger partial charge < -0.3 is 10.2 Å². The first-order valence-electron chi connectivity index (χ1n) is 8.53. The van der Waals surface area contributed by atoms with Gasteiger partial charge >= 0.3 is 0 Å². The van der Waals surface area contributed by atoms with Gasteiger partial charge in [-0.25, -0.2) is 0 Å². The van der Waals surface area contributed by atoms with Gasteiger partial charge in [0.05, 0.1) is 18.0 Å². The second-order valence-electron chi connectivity index (χ2n) is 6.11. The molecule has 0 saturated carbocycles. The van der Waals surface area contributed by atoms with E-state index in [2.05, 4.69) is 10.2 Å². The quantitative estimate of drug-likeness (QED) is 0.782. The van der Waals surface area contributed by atoms with E-state index in [0.717, 1.165) is 4.88 Å². The minimum Gasteiger partial charge on any atom is -0.343 e. The summed E-state index contributed by atoms with van der Waals surface area (Å²) >= 11 is 1.45. The monoisotopic (exact) mass is 371 g/mol. The lowest BCUT2D eigenvalue weighted by molar-refractivity contribution is -0.131. The molecule has 136 valence electrons. The van der Waals surface area contributed by atoms with Crippen LogP contribution in [-0.4, -0.2) is 66.7 Å². The summed E-state index contributed by atoms with van der Waals surface area (Å²) in [6.45, 7) is 2.83. The summed E-state index contributed by atoms with van der Waals surface area (Å²) in [6.07, 6.45) is 0. The molecule has 0 radical (unpaired) electrons. The number of carbonyl (C=O) groups excluding carboxylic acids is 3. The minimum atomic E-state index is -0.251. The number of nitrogens with zero attached hydrogens (tertiary/aromatic N) is 2. The van der Waals surface area contributed by atoms with E-state index >= 15 is 0 Å². The topological polar surface area (TPSA) is 69.7 Å². The predicted octanol–water partition coefficient (Wildman–Crippen LogP) is 1.51. The van der Waals surface area contributed by atoms with Crippen LogP contribution >= 0.6 is 11.3 Å². The summed E-state index contributed by atoms with van der Waals surface area (Å²) in [5.74, 6) is -0.229. The number of thiophene rings is 1. The molecule has 0 spiro atoms. The molecule has 1 saturated heterocycles. The second-order valence-corrected chi connectivity index (χ2v) is 7.05. The fraction of sp³-hybridized carbons (Fsp3) is 0.316. The molecule has 7 heteroatoms. The van der Waals surface area contributed by atoms with Crippen LogP contribution in [-0.2, 0) is 4.79 Å². The van der Waals surface area contributed by atoms with Crippen LogP contribution in [0.4, 0.5) is 0 Å². The Kier molecular flexibility index (Phi) is 6.14. The normalized spacial score (nSPS) is 14.8. The van der Waals surface area contributed by atoms with E-state index in [1.807, 2.05) is 23.6 Å². The van der Waals surface area contributed by atoms with Crippen molar-refractivity contribution in [2.24, 2.45) is 0 Å². The molecule has 1 aromatic heterocycles. The number of carbonyl (C=O) groups is 3. The van der Waals surface area contributed by atoms with Gasteiger partial charge in [-0.15, -0.1) is 11.3 Å². The molecule has 1 aliphatic heterocycles. The molecule has 0 unspecified atom stereocenters. The van der Waals surface area contributed by atoms with E-state index in [1.165, 1.54) is 11.3 Å². The number of Topliss-reactive ketones (excluding diaryl/α,β-unsaturated/α-hetero) is 1. The molecule has 1 aromatic carbocycles. The number of nitrogens with one attached hydrogen (secondary N) is 1. The highest BCUT2D eigenvalue weighted by Gasteiger charge is 2.23. The maximum Gasteiger partial charge on any atom is 0.251 e. The Hall–Kier alpha value is -2.51. The van der Waals surface area contributed by atoms with E-state index in [1.54, 1.807) is 29.2 Å². The summed E-state index contributed by atoms with van der Waals surface area (Å²) in [7, 11) is 0. The maximum absolute atomic E-state index is 12.3. The van der Waals surface area contributed by atoms with Crippen molar-refractivity contribution in [1.29, 1.82) is 0 Å². The van der Waals surface area contributed by atoms with Crippen LogP contribution in [0.3, 0.4) is 0 Å². The smallest absolute Gasteiger partial charge is 0.251 e. The summed E-state index contributed by atoms with van der Waals surface area (Å²) in [6, 6.07) is 12.5. The summed E-state index contributed by atoms with van der Waals surface area (Å²) in [5.41, 5.74) is 0.539. The molecule has 1 aliphatic rings. The lowest BCUT2D eigenvalue weighted by Gasteiger charge is -2.34. The summed E-state index contributed by atoms with van der Waals surface area (Å²) < 4.78 is 0. The van der Waals surface area contributed by atoms with Gasteiger partial charge in [0.2, 0.25) is 5.91 Å². The van der Waals surface area contributed by atoms with E-state index < -0.39 is 0 Å². The number of amides is 2. The molecule has 0 aliphatic carbocycles. The van der Waals surface area contributed by atoms with E-state index in [0.29, 0.717) is 38.3 Å². The van der Waals surface area contributed by atoms with Crippen molar-refractivity contribution >= 4 is 28.9 Å². The summed E-state index contributed by atoms with van der Waals surface area (Å²) in [4.78, 5) is 41.0. The SMILES string of the molecule is O=C(NCC(=O)N1CCN(CC(=O)c2cccs2)CC1)c1ccccc1. The van der Waals surface area contributed by atoms with Crippen molar-refractivity contribution in [3.63, 3.8) is 0 Å². The molecular weight excluding hydrogens is 350 g/mol. The predicted molar refractivity (Wildman–Crippen MR) is 100 cm³/mol. The number of ketones is 1. The van der Waals surface area contributed by atoms with Crippen LogP contribution < -0.4 is 5.32 Å². The van der Waals surface area contributed by atoms with Gasteiger partial charge in [0.1, 0.15) is 0 Å². The molecule has 1 N–H and O–H groups in total. The van der Waals surface area contributed by atoms with E-state index in [4.69, 9.17) is 0 Å². The third kappa shape index (κ3) is 4.77. The first-order chi connectivity index (χ1) is 12.6. The number of hydrogen-bond donors (Lipinski definition) is 1. The fourth-order valence-corrected chi connectivity index (χ4v) is 3.49. The van der Waals surface area contributed by atoms with Crippen LogP contribution in [0.25, 0.3) is 0 Å². The molecule has 2 heterocycles. The van der Waals surface area contributed by atoms with Crippen molar-refractivity contribution in [1.82, 2.24) is 15.1 Å². The Morgan fingerprint density at radius 3 is 2.35 bits per heavy atom. The van der Waals surface area contributed by atoms with Crippen LogP contribution in [0.2, 0.25) is 0 Å². The van der Waals surface area contributed by atoms with E-state index in [-0.39, 0.29) is 24.1 Å². The Balaban J connectivity index is 1.41. The minimum absolute atomic E-state index is 0.0121. The van der Waals surface area contributed by atoms with Gasteiger partial charge in [-0.3, -0.25) is 19.3 Å². The van der Waals surface area contributed by atoms with Crippen molar-refractivity contribution in [2.45, 2.75) is 0 Å². The first-order valence-corrected chi connectivity index (χ1v) is 9.41. The highest BCUT2D eigenvalue weighted by molar-refractivity contribution is 7.12. The Labute approximate surface area is 156 Å². The molecule has 1 fully saturated rings. The number of rotatable bonds is 6. The number of benzene rings is 1. The van der Waals surface area contributed by atoms with Crippen molar-refractivity contribution in [2.75, 3.05) is 39.3 Å². The number of piperazine rings is 1.